The van der Waals surface area contributed by atoms with Crippen LogP contribution >= 0.6 is 0 Å². The van der Waals surface area contributed by atoms with Crippen molar-refractivity contribution in [1.29, 1.82) is 0 Å². The third-order valence-corrected chi connectivity index (χ3v) is 6.62. The van der Waals surface area contributed by atoms with E-state index in [0.29, 0.717) is 37.3 Å². The molecule has 0 radical (unpaired) electrons. The van der Waals surface area contributed by atoms with Gasteiger partial charge in [-0.15, -0.1) is 0 Å². The van der Waals surface area contributed by atoms with Crippen molar-refractivity contribution in [3.63, 3.8) is 0 Å². The van der Waals surface area contributed by atoms with Crippen LogP contribution in [-0.2, 0) is 19.6 Å². The van der Waals surface area contributed by atoms with Crippen LogP contribution in [0, 0.1) is 0 Å². The van der Waals surface area contributed by atoms with Crippen LogP contribution in [0.4, 0.5) is 5.69 Å². The number of ether oxygens (including phenoxy) is 1. The fraction of sp³-hybridized carbons (Fsp3) is 0.286. The molecule has 4 N–H and O–H groups in total. The summed E-state index contributed by atoms with van der Waals surface area (Å²) in [5.41, 5.74) is 0.486. The number of aromatic amines is 2. The van der Waals surface area contributed by atoms with E-state index in [1.54, 1.807) is 24.0 Å². The van der Waals surface area contributed by atoms with E-state index in [1.165, 1.54) is 30.3 Å². The fourth-order valence-electron chi connectivity index (χ4n) is 3.55. The van der Waals surface area contributed by atoms with Gasteiger partial charge in [0.15, 0.2) is 0 Å². The van der Waals surface area contributed by atoms with E-state index in [4.69, 9.17) is 4.74 Å². The minimum absolute atomic E-state index is 0.0590. The van der Waals surface area contributed by atoms with Crippen LogP contribution in [0.5, 0.6) is 0 Å². The average Bonchev–Trinajstić information content (AvgIpc) is 3.18. The Labute approximate surface area is 189 Å². The molecule has 0 saturated carbocycles. The number of sulfonamides is 1. The number of anilines is 1. The van der Waals surface area contributed by atoms with Crippen molar-refractivity contribution in [3.8, 4) is 0 Å². The number of imidazole rings is 1. The number of para-hydroxylation sites is 1. The Morgan fingerprint density at radius 3 is 2.52 bits per heavy atom. The number of benzene rings is 2. The topological polar surface area (TPSA) is 153 Å². The van der Waals surface area contributed by atoms with Crippen molar-refractivity contribution >= 4 is 38.6 Å². The molecule has 12 heteroatoms. The largest absolute Gasteiger partial charge is 0.378 e. The molecule has 2 amide bonds. The van der Waals surface area contributed by atoms with Crippen LogP contribution in [0.1, 0.15) is 17.3 Å². The van der Waals surface area contributed by atoms with Crippen LogP contribution in [0.25, 0.3) is 11.0 Å². The van der Waals surface area contributed by atoms with Gasteiger partial charge in [0.25, 0.3) is 15.9 Å². The molecule has 3 aromatic rings. The molecular weight excluding hydrogens is 450 g/mol. The molecule has 2 heterocycles. The molecule has 0 bridgehead atoms. The first-order valence-electron chi connectivity index (χ1n) is 10.3. The summed E-state index contributed by atoms with van der Waals surface area (Å²) in [5.74, 6) is -0.827. The molecule has 1 atom stereocenters. The molecule has 1 fully saturated rings. The SMILES string of the molecule is CC(NC(=O)c1ccccc1NS(=O)(=O)c1ccc2[nH]c(=O)[nH]c2c1)C(=O)N1CCOCC1. The highest BCUT2D eigenvalue weighted by Gasteiger charge is 2.25. The second kappa shape index (κ2) is 9.08. The fourth-order valence-corrected chi connectivity index (χ4v) is 4.65. The molecular formula is C21H23N5O6S. The maximum atomic E-state index is 12.9. The van der Waals surface area contributed by atoms with Crippen LogP contribution in [0.2, 0.25) is 0 Å². The number of morpholine rings is 1. The number of hydrogen-bond acceptors (Lipinski definition) is 6. The van der Waals surface area contributed by atoms with Crippen molar-refractivity contribution < 1.29 is 22.7 Å². The first-order chi connectivity index (χ1) is 15.7. The number of carbonyl (C=O) groups excluding carboxylic acids is 2. The molecule has 0 aliphatic carbocycles. The highest BCUT2D eigenvalue weighted by Crippen LogP contribution is 2.22. The molecule has 1 aromatic heterocycles. The molecule has 1 aliphatic rings. The maximum Gasteiger partial charge on any atom is 0.323 e. The Hall–Kier alpha value is -3.64. The lowest BCUT2D eigenvalue weighted by atomic mass is 10.1. The van der Waals surface area contributed by atoms with E-state index in [1.807, 2.05) is 0 Å². The van der Waals surface area contributed by atoms with Crippen LogP contribution in [0.3, 0.4) is 0 Å². The minimum Gasteiger partial charge on any atom is -0.378 e. The van der Waals surface area contributed by atoms with Gasteiger partial charge in [-0.3, -0.25) is 14.3 Å². The summed E-state index contributed by atoms with van der Waals surface area (Å²) < 4.78 is 33.5. The van der Waals surface area contributed by atoms with Crippen molar-refractivity contribution in [3.05, 3.63) is 58.5 Å². The summed E-state index contributed by atoms with van der Waals surface area (Å²) in [6.45, 7) is 3.37. The summed E-state index contributed by atoms with van der Waals surface area (Å²) in [4.78, 5) is 43.5. The minimum atomic E-state index is -4.07. The van der Waals surface area contributed by atoms with Gasteiger partial charge < -0.3 is 24.9 Å². The smallest absolute Gasteiger partial charge is 0.323 e. The number of rotatable bonds is 6. The predicted octanol–water partition coefficient (Wildman–Crippen LogP) is 0.634. The average molecular weight is 474 g/mol. The zero-order valence-corrected chi connectivity index (χ0v) is 18.6. The van der Waals surface area contributed by atoms with E-state index in [-0.39, 0.29) is 22.1 Å². The Bertz CT molecular complexity index is 1360. The number of nitrogens with zero attached hydrogens (tertiary/aromatic N) is 1. The van der Waals surface area contributed by atoms with Gasteiger partial charge in [0.1, 0.15) is 6.04 Å². The number of carbonyl (C=O) groups is 2. The number of fused-ring (bicyclic) bond motifs is 1. The Morgan fingerprint density at radius 1 is 1.06 bits per heavy atom. The van der Waals surface area contributed by atoms with Crippen molar-refractivity contribution in [1.82, 2.24) is 20.2 Å². The molecule has 4 rings (SSSR count). The van der Waals surface area contributed by atoms with Crippen LogP contribution < -0.4 is 15.7 Å². The third-order valence-electron chi connectivity index (χ3n) is 5.25. The normalized spacial score (nSPS) is 15.2. The molecule has 33 heavy (non-hydrogen) atoms. The van der Waals surface area contributed by atoms with Gasteiger partial charge in [-0.25, -0.2) is 13.2 Å². The van der Waals surface area contributed by atoms with E-state index < -0.39 is 27.7 Å². The molecule has 11 nitrogen and oxygen atoms in total. The molecule has 2 aromatic carbocycles. The summed E-state index contributed by atoms with van der Waals surface area (Å²) in [6, 6.07) is 9.44. The summed E-state index contributed by atoms with van der Waals surface area (Å²) in [7, 11) is -4.07. The highest BCUT2D eigenvalue weighted by atomic mass is 32.2. The van der Waals surface area contributed by atoms with Crippen molar-refractivity contribution in [2.75, 3.05) is 31.0 Å². The second-order valence-corrected chi connectivity index (χ2v) is 9.25. The Balaban J connectivity index is 1.53. The molecule has 1 saturated heterocycles. The molecule has 174 valence electrons. The van der Waals surface area contributed by atoms with E-state index >= 15 is 0 Å². The van der Waals surface area contributed by atoms with Crippen molar-refractivity contribution in [2.24, 2.45) is 0 Å². The zero-order chi connectivity index (χ0) is 23.6. The summed E-state index contributed by atoms with van der Waals surface area (Å²) >= 11 is 0. The van der Waals surface area contributed by atoms with Crippen molar-refractivity contribution in [2.45, 2.75) is 17.9 Å². The Kier molecular flexibility index (Phi) is 6.20. The third kappa shape index (κ3) is 4.91. The number of aromatic nitrogens is 2. The standard InChI is InChI=1S/C21H23N5O6S/c1-13(20(28)26-8-10-32-11-9-26)22-19(27)15-4-2-3-5-16(15)25-33(30,31)14-6-7-17-18(12-14)24-21(29)23-17/h2-7,12-13,25H,8-11H2,1H3,(H,22,27)(H2,23,24,29). The highest BCUT2D eigenvalue weighted by molar-refractivity contribution is 7.92. The predicted molar refractivity (Wildman–Crippen MR) is 120 cm³/mol. The molecule has 1 aliphatic heterocycles. The lowest BCUT2D eigenvalue weighted by Gasteiger charge is -2.29. The lowest BCUT2D eigenvalue weighted by molar-refractivity contribution is -0.136. The maximum absolute atomic E-state index is 12.9. The lowest BCUT2D eigenvalue weighted by Crippen LogP contribution is -2.50. The first-order valence-corrected chi connectivity index (χ1v) is 11.7. The van der Waals surface area contributed by atoms with Crippen LogP contribution in [-0.4, -0.2) is 67.4 Å². The van der Waals surface area contributed by atoms with Crippen LogP contribution in [0.15, 0.2) is 52.2 Å². The van der Waals surface area contributed by atoms with Gasteiger partial charge in [-0.1, -0.05) is 12.1 Å². The molecule has 0 spiro atoms. The van der Waals surface area contributed by atoms with E-state index in [2.05, 4.69) is 20.0 Å². The number of hydrogen-bond donors (Lipinski definition) is 4. The first kappa shape index (κ1) is 22.6. The van der Waals surface area contributed by atoms with Gasteiger partial charge in [0.05, 0.1) is 40.4 Å². The van der Waals surface area contributed by atoms with Gasteiger partial charge in [-0.2, -0.15) is 0 Å². The second-order valence-electron chi connectivity index (χ2n) is 7.57. The van der Waals surface area contributed by atoms with E-state index in [9.17, 15) is 22.8 Å². The number of H-pyrrole nitrogens is 2. The number of nitrogens with one attached hydrogen (secondary N) is 4. The zero-order valence-electron chi connectivity index (χ0n) is 17.8. The Morgan fingerprint density at radius 2 is 1.76 bits per heavy atom. The quantitative estimate of drug-likeness (QED) is 0.412. The summed E-state index contributed by atoms with van der Waals surface area (Å²) in [6.07, 6.45) is 0. The summed E-state index contributed by atoms with van der Waals surface area (Å²) in [5, 5.41) is 2.64. The van der Waals surface area contributed by atoms with Gasteiger partial charge >= 0.3 is 5.69 Å². The van der Waals surface area contributed by atoms with E-state index in [0.717, 1.165) is 0 Å². The van der Waals surface area contributed by atoms with Gasteiger partial charge in [0, 0.05) is 13.1 Å². The molecule has 1 unspecified atom stereocenters. The van der Waals surface area contributed by atoms with Gasteiger partial charge in [0.2, 0.25) is 5.91 Å². The van der Waals surface area contributed by atoms with Gasteiger partial charge in [-0.05, 0) is 37.3 Å². The number of amides is 2. The monoisotopic (exact) mass is 473 g/mol.